The summed E-state index contributed by atoms with van der Waals surface area (Å²) in [6.07, 6.45) is 4.13. The predicted molar refractivity (Wildman–Crippen MR) is 61.5 cm³/mol. The van der Waals surface area contributed by atoms with E-state index in [1.807, 2.05) is 6.07 Å². The minimum Gasteiger partial charge on any atom is -0.350 e. The van der Waals surface area contributed by atoms with Gasteiger partial charge in [-0.15, -0.1) is 0 Å². The zero-order valence-corrected chi connectivity index (χ0v) is 10.0. The molecule has 0 aliphatic carbocycles. The second-order valence-electron chi connectivity index (χ2n) is 3.14. The Morgan fingerprint density at radius 1 is 1.47 bits per heavy atom. The van der Waals surface area contributed by atoms with Crippen LogP contribution in [0.2, 0.25) is 0 Å². The van der Waals surface area contributed by atoms with Gasteiger partial charge in [-0.2, -0.15) is 10.2 Å². The Labute approximate surface area is 97.6 Å². The first-order valence-electron chi connectivity index (χ1n) is 4.92. The molecule has 0 bridgehead atoms. The van der Waals surface area contributed by atoms with E-state index in [0.29, 0.717) is 13.0 Å². The van der Waals surface area contributed by atoms with Crippen molar-refractivity contribution in [3.63, 3.8) is 0 Å². The Morgan fingerprint density at radius 2 is 2.33 bits per heavy atom. The smallest absolute Gasteiger partial charge is 0.220 e. The van der Waals surface area contributed by atoms with Crippen molar-refractivity contribution in [1.29, 1.82) is 0 Å². The number of amides is 1. The van der Waals surface area contributed by atoms with E-state index in [1.54, 1.807) is 12.3 Å². The number of aromatic nitrogens is 2. The first-order chi connectivity index (χ1) is 7.33. The van der Waals surface area contributed by atoms with Gasteiger partial charge in [0.1, 0.15) is 0 Å². The SMILES string of the molecule is O=C(CCCCBr)NCc1cccnn1. The van der Waals surface area contributed by atoms with Gasteiger partial charge in [0.25, 0.3) is 0 Å². The number of unbranched alkanes of at least 4 members (excludes halogenated alkanes) is 1. The summed E-state index contributed by atoms with van der Waals surface area (Å²) in [7, 11) is 0. The van der Waals surface area contributed by atoms with E-state index in [0.717, 1.165) is 23.9 Å². The molecule has 0 atom stereocenters. The number of hydrogen-bond acceptors (Lipinski definition) is 3. The summed E-state index contributed by atoms with van der Waals surface area (Å²) < 4.78 is 0. The number of alkyl halides is 1. The van der Waals surface area contributed by atoms with Crippen molar-refractivity contribution in [2.24, 2.45) is 0 Å². The summed E-state index contributed by atoms with van der Waals surface area (Å²) in [5.41, 5.74) is 0.784. The van der Waals surface area contributed by atoms with Gasteiger partial charge < -0.3 is 5.32 Å². The van der Waals surface area contributed by atoms with Gasteiger partial charge in [-0.3, -0.25) is 4.79 Å². The van der Waals surface area contributed by atoms with E-state index >= 15 is 0 Å². The summed E-state index contributed by atoms with van der Waals surface area (Å²) in [6.45, 7) is 0.459. The van der Waals surface area contributed by atoms with Crippen LogP contribution in [0.15, 0.2) is 18.3 Å². The Balaban J connectivity index is 2.17. The largest absolute Gasteiger partial charge is 0.350 e. The van der Waals surface area contributed by atoms with Gasteiger partial charge in [-0.25, -0.2) is 0 Å². The molecule has 1 aromatic heterocycles. The molecule has 1 amide bonds. The van der Waals surface area contributed by atoms with Gasteiger partial charge in [0.15, 0.2) is 0 Å². The third kappa shape index (κ3) is 5.47. The van der Waals surface area contributed by atoms with E-state index in [4.69, 9.17) is 0 Å². The van der Waals surface area contributed by atoms with Gasteiger partial charge in [-0.1, -0.05) is 15.9 Å². The third-order valence-corrected chi connectivity index (χ3v) is 2.44. The number of rotatable bonds is 6. The topological polar surface area (TPSA) is 54.9 Å². The highest BCUT2D eigenvalue weighted by Crippen LogP contribution is 1.98. The van der Waals surface area contributed by atoms with E-state index < -0.39 is 0 Å². The maximum atomic E-state index is 11.3. The molecule has 1 heterocycles. The molecule has 0 radical (unpaired) electrons. The lowest BCUT2D eigenvalue weighted by Crippen LogP contribution is -2.23. The summed E-state index contributed by atoms with van der Waals surface area (Å²) in [4.78, 5) is 11.3. The van der Waals surface area contributed by atoms with Crippen LogP contribution >= 0.6 is 15.9 Å². The highest BCUT2D eigenvalue weighted by atomic mass is 79.9. The van der Waals surface area contributed by atoms with E-state index in [2.05, 4.69) is 31.4 Å². The van der Waals surface area contributed by atoms with Crippen molar-refractivity contribution in [1.82, 2.24) is 15.5 Å². The molecule has 0 fully saturated rings. The molecule has 82 valence electrons. The predicted octanol–water partition coefficient (Wildman–Crippen LogP) is 1.66. The number of nitrogens with zero attached hydrogens (tertiary/aromatic N) is 2. The molecule has 0 aliphatic heterocycles. The molecule has 0 aliphatic rings. The summed E-state index contributed by atoms with van der Waals surface area (Å²) in [5.74, 6) is 0.0709. The normalized spacial score (nSPS) is 9.93. The summed E-state index contributed by atoms with van der Waals surface area (Å²) in [5, 5.41) is 11.4. The van der Waals surface area contributed by atoms with Crippen LogP contribution in [-0.2, 0) is 11.3 Å². The number of carbonyl (C=O) groups is 1. The van der Waals surface area contributed by atoms with Crippen molar-refractivity contribution < 1.29 is 4.79 Å². The van der Waals surface area contributed by atoms with Crippen LogP contribution in [0.5, 0.6) is 0 Å². The molecule has 1 aromatic rings. The standard InChI is InChI=1S/C10H14BrN3O/c11-6-2-1-5-10(15)12-8-9-4-3-7-13-14-9/h3-4,7H,1-2,5-6,8H2,(H,12,15). The lowest BCUT2D eigenvalue weighted by atomic mass is 10.2. The molecule has 1 rings (SSSR count). The van der Waals surface area contributed by atoms with Crippen molar-refractivity contribution in [2.45, 2.75) is 25.8 Å². The molecule has 0 saturated heterocycles. The molecular formula is C10H14BrN3O. The molecule has 0 spiro atoms. The quantitative estimate of drug-likeness (QED) is 0.633. The Kier molecular flexibility index (Phi) is 5.92. The number of nitrogens with one attached hydrogen (secondary N) is 1. The van der Waals surface area contributed by atoms with E-state index in [-0.39, 0.29) is 5.91 Å². The lowest BCUT2D eigenvalue weighted by Gasteiger charge is -2.03. The van der Waals surface area contributed by atoms with Crippen molar-refractivity contribution in [3.05, 3.63) is 24.0 Å². The van der Waals surface area contributed by atoms with Crippen molar-refractivity contribution >= 4 is 21.8 Å². The highest BCUT2D eigenvalue weighted by Gasteiger charge is 2.01. The molecule has 0 aromatic carbocycles. The lowest BCUT2D eigenvalue weighted by molar-refractivity contribution is -0.121. The second kappa shape index (κ2) is 7.34. The summed E-state index contributed by atoms with van der Waals surface area (Å²) >= 11 is 3.33. The van der Waals surface area contributed by atoms with Crippen molar-refractivity contribution in [3.8, 4) is 0 Å². The number of hydrogen-bond donors (Lipinski definition) is 1. The second-order valence-corrected chi connectivity index (χ2v) is 3.93. The van der Waals surface area contributed by atoms with Crippen LogP contribution in [-0.4, -0.2) is 21.4 Å². The molecule has 1 N–H and O–H groups in total. The van der Waals surface area contributed by atoms with Crippen LogP contribution in [0.25, 0.3) is 0 Å². The minimum atomic E-state index is 0.0709. The minimum absolute atomic E-state index is 0.0709. The zero-order chi connectivity index (χ0) is 10.9. The molecule has 4 nitrogen and oxygen atoms in total. The Bertz CT molecular complexity index is 292. The average molecular weight is 272 g/mol. The zero-order valence-electron chi connectivity index (χ0n) is 8.45. The summed E-state index contributed by atoms with van der Waals surface area (Å²) in [6, 6.07) is 3.64. The van der Waals surface area contributed by atoms with Gasteiger partial charge in [0.05, 0.1) is 12.2 Å². The first kappa shape index (κ1) is 12.1. The van der Waals surface area contributed by atoms with Crippen LogP contribution in [0.4, 0.5) is 0 Å². The fourth-order valence-electron chi connectivity index (χ4n) is 1.09. The Hall–Kier alpha value is -0.970. The fraction of sp³-hybridized carbons (Fsp3) is 0.500. The molecule has 0 saturated carbocycles. The molecule has 15 heavy (non-hydrogen) atoms. The number of carbonyl (C=O) groups excluding carboxylic acids is 1. The fourth-order valence-corrected chi connectivity index (χ4v) is 1.48. The van der Waals surface area contributed by atoms with Crippen LogP contribution in [0.1, 0.15) is 25.0 Å². The van der Waals surface area contributed by atoms with Crippen LogP contribution < -0.4 is 5.32 Å². The Morgan fingerprint density at radius 3 is 3.00 bits per heavy atom. The average Bonchev–Trinajstić information content (AvgIpc) is 2.28. The van der Waals surface area contributed by atoms with Gasteiger partial charge in [0.2, 0.25) is 5.91 Å². The monoisotopic (exact) mass is 271 g/mol. The maximum Gasteiger partial charge on any atom is 0.220 e. The van der Waals surface area contributed by atoms with Crippen LogP contribution in [0, 0.1) is 0 Å². The van der Waals surface area contributed by atoms with Crippen molar-refractivity contribution in [2.75, 3.05) is 5.33 Å². The van der Waals surface area contributed by atoms with Gasteiger partial charge in [-0.05, 0) is 25.0 Å². The molecule has 0 unspecified atom stereocenters. The molecule has 5 heteroatoms. The molecular weight excluding hydrogens is 258 g/mol. The first-order valence-corrected chi connectivity index (χ1v) is 6.04. The van der Waals surface area contributed by atoms with Gasteiger partial charge in [0, 0.05) is 17.9 Å². The maximum absolute atomic E-state index is 11.3. The highest BCUT2D eigenvalue weighted by molar-refractivity contribution is 9.09. The number of halogens is 1. The van der Waals surface area contributed by atoms with E-state index in [9.17, 15) is 4.79 Å². The van der Waals surface area contributed by atoms with E-state index in [1.165, 1.54) is 0 Å². The third-order valence-electron chi connectivity index (χ3n) is 1.88. The van der Waals surface area contributed by atoms with Gasteiger partial charge >= 0.3 is 0 Å². The van der Waals surface area contributed by atoms with Crippen LogP contribution in [0.3, 0.4) is 0 Å².